The Balaban J connectivity index is 0.846. The summed E-state index contributed by atoms with van der Waals surface area (Å²) in [5.41, 5.74) is 5.36. The number of imide groups is 1. The van der Waals surface area contributed by atoms with Gasteiger partial charge in [0.15, 0.2) is 5.65 Å². The Morgan fingerprint density at radius 2 is 1.77 bits per heavy atom. The molecule has 3 amide bonds. The zero-order chi connectivity index (χ0) is 35.3. The maximum absolute atomic E-state index is 13.6. The smallest absolute Gasteiger partial charge is 0.249 e. The van der Waals surface area contributed by atoms with Gasteiger partial charge in [0.25, 0.3) is 0 Å². The molecule has 2 saturated heterocycles. The molecule has 3 N–H and O–H groups in total. The van der Waals surface area contributed by atoms with Crippen molar-refractivity contribution in [1.82, 2.24) is 35.2 Å². The fourth-order valence-electron chi connectivity index (χ4n) is 8.45. The van der Waals surface area contributed by atoms with Crippen LogP contribution in [-0.4, -0.2) is 97.6 Å². The van der Waals surface area contributed by atoms with E-state index in [1.165, 1.54) is 5.56 Å². The van der Waals surface area contributed by atoms with Crippen molar-refractivity contribution in [2.75, 3.05) is 42.6 Å². The van der Waals surface area contributed by atoms with Crippen molar-refractivity contribution in [3.8, 4) is 28.4 Å². The summed E-state index contributed by atoms with van der Waals surface area (Å²) in [5, 5.41) is 26.8. The minimum atomic E-state index is -0.371. The first kappa shape index (κ1) is 32.2. The van der Waals surface area contributed by atoms with Gasteiger partial charge in [0.05, 0.1) is 48.2 Å². The first-order valence-corrected chi connectivity index (χ1v) is 18.0. The van der Waals surface area contributed by atoms with Crippen LogP contribution in [0, 0.1) is 0 Å². The Morgan fingerprint density at radius 1 is 0.904 bits per heavy atom. The van der Waals surface area contributed by atoms with Crippen molar-refractivity contribution < 1.29 is 24.2 Å². The van der Waals surface area contributed by atoms with Gasteiger partial charge in [0.1, 0.15) is 24.1 Å². The van der Waals surface area contributed by atoms with E-state index in [0.29, 0.717) is 67.9 Å². The third kappa shape index (κ3) is 5.72. The molecular formula is C38H39N9O5. The van der Waals surface area contributed by atoms with Gasteiger partial charge in [0.2, 0.25) is 17.7 Å². The van der Waals surface area contributed by atoms with Crippen LogP contribution in [0.3, 0.4) is 0 Å². The van der Waals surface area contributed by atoms with Gasteiger partial charge >= 0.3 is 0 Å². The number of phenolic OH excluding ortho intramolecular Hbond substituents is 1. The van der Waals surface area contributed by atoms with E-state index in [1.807, 2.05) is 41.6 Å². The number of aromatic hydroxyl groups is 1. The van der Waals surface area contributed by atoms with Gasteiger partial charge < -0.3 is 24.6 Å². The Kier molecular flexibility index (Phi) is 8.10. The number of ether oxygens (including phenoxy) is 1. The number of nitrogens with one attached hydrogen (secondary N) is 2. The summed E-state index contributed by atoms with van der Waals surface area (Å²) in [6.07, 6.45) is 10.2. The van der Waals surface area contributed by atoms with E-state index < -0.39 is 0 Å². The summed E-state index contributed by atoms with van der Waals surface area (Å²) in [4.78, 5) is 47.4. The average molecular weight is 702 g/mol. The lowest BCUT2D eigenvalue weighted by Gasteiger charge is -2.42. The number of nitrogens with zero attached hydrogens (tertiary/aromatic N) is 7. The molecule has 2 aromatic carbocycles. The molecule has 14 nitrogen and oxygen atoms in total. The number of anilines is 2. The van der Waals surface area contributed by atoms with Crippen LogP contribution in [0.25, 0.3) is 28.0 Å². The van der Waals surface area contributed by atoms with Gasteiger partial charge in [-0.2, -0.15) is 5.10 Å². The summed E-state index contributed by atoms with van der Waals surface area (Å²) < 4.78 is 7.98. The summed E-state index contributed by atoms with van der Waals surface area (Å²) in [6.45, 7) is 2.83. The van der Waals surface area contributed by atoms with Crippen molar-refractivity contribution in [3.05, 3.63) is 72.7 Å². The minimum Gasteiger partial charge on any atom is -0.507 e. The van der Waals surface area contributed by atoms with Crippen molar-refractivity contribution in [3.63, 3.8) is 0 Å². The summed E-state index contributed by atoms with van der Waals surface area (Å²) >= 11 is 0. The summed E-state index contributed by atoms with van der Waals surface area (Å²) in [6, 6.07) is 15.1. The number of aromatic nitrogens is 5. The van der Waals surface area contributed by atoms with Crippen LogP contribution in [0.1, 0.15) is 50.0 Å². The SMILES string of the molecule is O=C1CCC(N2CCOc3c(C4CCC(N5CCN(c6cnn(-c7c[nH]c8nnc(-c9ccccc9O)cc78)c6)C(=O)C5)CC4)cccc32)C(=O)N1. The molecule has 9 rings (SSSR count). The number of hydrogen-bond acceptors (Lipinski definition) is 10. The molecular weight excluding hydrogens is 662 g/mol. The standard InChI is InChI=1S/C38H39N9O5/c48-33-7-2-1-4-27(33)29-18-28-32(20-39-37(28)43-42-29)47-21-25(19-40-47)45-15-14-44(22-35(45)50)24-10-8-23(9-11-24)26-5-3-6-30-36(26)52-17-16-46(30)31-12-13-34(49)41-38(31)51/h1-7,18-21,23-24,31,48H,8-17,22H2,(H,39,43)(H,41,49,51). The molecule has 1 saturated carbocycles. The maximum atomic E-state index is 13.6. The van der Waals surface area contributed by atoms with Crippen molar-refractivity contribution in [2.45, 2.75) is 56.5 Å². The van der Waals surface area contributed by atoms with Crippen LogP contribution >= 0.6 is 0 Å². The fraction of sp³-hybridized carbons (Fsp3) is 0.368. The van der Waals surface area contributed by atoms with Crippen LogP contribution in [0.15, 0.2) is 67.1 Å². The molecule has 52 heavy (non-hydrogen) atoms. The van der Waals surface area contributed by atoms with Crippen LogP contribution in [0.5, 0.6) is 11.5 Å². The van der Waals surface area contributed by atoms with Crippen LogP contribution in [-0.2, 0) is 14.4 Å². The molecule has 1 unspecified atom stereocenters. The third-order valence-electron chi connectivity index (χ3n) is 11.1. The predicted molar refractivity (Wildman–Crippen MR) is 192 cm³/mol. The maximum Gasteiger partial charge on any atom is 0.249 e. The zero-order valence-electron chi connectivity index (χ0n) is 28.6. The fourth-order valence-corrected chi connectivity index (χ4v) is 8.45. The zero-order valence-corrected chi connectivity index (χ0v) is 28.6. The molecule has 1 atom stereocenters. The van der Waals surface area contributed by atoms with E-state index >= 15 is 0 Å². The van der Waals surface area contributed by atoms with E-state index in [1.54, 1.807) is 29.1 Å². The number of H-pyrrole nitrogens is 1. The number of para-hydroxylation sites is 2. The number of fused-ring (bicyclic) bond motifs is 2. The van der Waals surface area contributed by atoms with E-state index in [4.69, 9.17) is 4.74 Å². The van der Waals surface area contributed by atoms with E-state index in [2.05, 4.69) is 41.5 Å². The lowest BCUT2D eigenvalue weighted by atomic mass is 9.80. The highest BCUT2D eigenvalue weighted by Crippen LogP contribution is 2.45. The molecule has 266 valence electrons. The van der Waals surface area contributed by atoms with Crippen molar-refractivity contribution in [1.29, 1.82) is 0 Å². The lowest BCUT2D eigenvalue weighted by molar-refractivity contribution is -0.134. The summed E-state index contributed by atoms with van der Waals surface area (Å²) in [5.74, 6) is 0.939. The van der Waals surface area contributed by atoms with Gasteiger partial charge in [-0.3, -0.25) is 24.6 Å². The van der Waals surface area contributed by atoms with Crippen LogP contribution in [0.4, 0.5) is 11.4 Å². The minimum absolute atomic E-state index is 0.0543. The third-order valence-corrected chi connectivity index (χ3v) is 11.1. The second-order valence-corrected chi connectivity index (χ2v) is 14.1. The Bertz CT molecular complexity index is 2190. The molecule has 0 radical (unpaired) electrons. The number of hydrogen-bond donors (Lipinski definition) is 3. The first-order valence-electron chi connectivity index (χ1n) is 18.0. The van der Waals surface area contributed by atoms with Gasteiger partial charge in [0, 0.05) is 42.7 Å². The highest BCUT2D eigenvalue weighted by atomic mass is 16.5. The number of aromatic amines is 1. The number of benzene rings is 2. The molecule has 3 fully saturated rings. The average Bonchev–Trinajstić information content (AvgIpc) is 3.82. The highest BCUT2D eigenvalue weighted by molar-refractivity contribution is 6.02. The van der Waals surface area contributed by atoms with Gasteiger partial charge in [-0.1, -0.05) is 24.3 Å². The first-order chi connectivity index (χ1) is 25.4. The van der Waals surface area contributed by atoms with E-state index in [-0.39, 0.29) is 29.5 Å². The summed E-state index contributed by atoms with van der Waals surface area (Å²) in [7, 11) is 0. The molecule has 0 spiro atoms. The number of rotatable bonds is 6. The molecule has 4 aliphatic rings. The number of piperidine rings is 1. The number of phenols is 1. The number of amides is 3. The van der Waals surface area contributed by atoms with Gasteiger partial charge in [-0.25, -0.2) is 4.68 Å². The van der Waals surface area contributed by atoms with E-state index in [0.717, 1.165) is 60.4 Å². The highest BCUT2D eigenvalue weighted by Gasteiger charge is 2.37. The second kappa shape index (κ2) is 13.1. The van der Waals surface area contributed by atoms with Crippen LogP contribution in [0.2, 0.25) is 0 Å². The van der Waals surface area contributed by atoms with Crippen molar-refractivity contribution in [2.24, 2.45) is 0 Å². The molecule has 0 bridgehead atoms. The van der Waals surface area contributed by atoms with E-state index in [9.17, 15) is 19.5 Å². The number of piperazine rings is 1. The van der Waals surface area contributed by atoms with Gasteiger partial charge in [-0.15, -0.1) is 10.2 Å². The predicted octanol–water partition coefficient (Wildman–Crippen LogP) is 3.90. The topological polar surface area (TPSA) is 162 Å². The molecule has 1 aliphatic carbocycles. The molecule has 5 aromatic rings. The monoisotopic (exact) mass is 701 g/mol. The molecule has 6 heterocycles. The Hall–Kier alpha value is -5.76. The van der Waals surface area contributed by atoms with Crippen LogP contribution < -0.4 is 19.9 Å². The largest absolute Gasteiger partial charge is 0.507 e. The van der Waals surface area contributed by atoms with Gasteiger partial charge in [-0.05, 0) is 67.9 Å². The molecule has 14 heteroatoms. The second-order valence-electron chi connectivity index (χ2n) is 14.1. The van der Waals surface area contributed by atoms with Crippen molar-refractivity contribution >= 4 is 40.1 Å². The Labute approximate surface area is 299 Å². The quantitative estimate of drug-likeness (QED) is 0.222. The molecule has 3 aliphatic heterocycles. The number of carbonyl (C=O) groups excluding carboxylic acids is 3. The molecule has 3 aromatic heterocycles. The Morgan fingerprint density at radius 3 is 2.60 bits per heavy atom. The number of carbonyl (C=O) groups is 3. The lowest BCUT2D eigenvalue weighted by Crippen LogP contribution is -2.54. The normalized spacial score (nSPS) is 22.7.